The Morgan fingerprint density at radius 2 is 1.95 bits per heavy atom. The van der Waals surface area contributed by atoms with E-state index in [1.54, 1.807) is 12.5 Å². The Hall–Kier alpha value is -1.91. The third kappa shape index (κ3) is 3.29. The van der Waals surface area contributed by atoms with Crippen molar-refractivity contribution in [2.45, 2.75) is 11.4 Å². The lowest BCUT2D eigenvalue weighted by Gasteiger charge is -2.10. The second-order valence-electron chi connectivity index (χ2n) is 4.97. The summed E-state index contributed by atoms with van der Waals surface area (Å²) in [4.78, 5) is 5.25. The van der Waals surface area contributed by atoms with Gasteiger partial charge in [0.25, 0.3) is 0 Å². The van der Waals surface area contributed by atoms with Gasteiger partial charge in [0, 0.05) is 50.8 Å². The molecule has 1 unspecified atom stereocenters. The maximum absolute atomic E-state index is 11.4. The van der Waals surface area contributed by atoms with Crippen LogP contribution in [0.5, 0.6) is 0 Å². The minimum absolute atomic E-state index is 0.628. The van der Waals surface area contributed by atoms with Crippen molar-refractivity contribution >= 4 is 39.0 Å². The van der Waals surface area contributed by atoms with E-state index in [0.29, 0.717) is 11.6 Å². The van der Waals surface area contributed by atoms with Crippen molar-refractivity contribution in [3.05, 3.63) is 65.3 Å². The van der Waals surface area contributed by atoms with Crippen molar-refractivity contribution in [1.82, 2.24) is 4.98 Å². The zero-order valence-corrected chi connectivity index (χ0v) is 13.6. The van der Waals surface area contributed by atoms with Crippen LogP contribution in [0.1, 0.15) is 5.56 Å². The first-order valence-corrected chi connectivity index (χ1v) is 8.77. The van der Waals surface area contributed by atoms with Gasteiger partial charge in [-0.25, -0.2) is 0 Å². The summed E-state index contributed by atoms with van der Waals surface area (Å²) in [6.45, 7) is 0.628. The van der Waals surface area contributed by atoms with E-state index in [1.807, 2.05) is 48.5 Å². The summed E-state index contributed by atoms with van der Waals surface area (Å²) in [6, 6.07) is 15.3. The van der Waals surface area contributed by atoms with Crippen molar-refractivity contribution in [2.24, 2.45) is 0 Å². The van der Waals surface area contributed by atoms with Crippen LogP contribution in [-0.4, -0.2) is 15.4 Å². The van der Waals surface area contributed by atoms with Gasteiger partial charge in [0.1, 0.15) is 0 Å². The highest BCUT2D eigenvalue weighted by Gasteiger charge is 2.05. The number of fused-ring (bicyclic) bond motifs is 1. The molecule has 1 atom stereocenters. The molecular weight excluding hydrogens is 316 g/mol. The Labute approximate surface area is 136 Å². The number of aromatic nitrogens is 1. The molecule has 3 nitrogen and oxygen atoms in total. The summed E-state index contributed by atoms with van der Waals surface area (Å²) in [5.41, 5.74) is 2.97. The summed E-state index contributed by atoms with van der Waals surface area (Å²) < 4.78 is 11.4. The molecule has 1 aromatic heterocycles. The predicted molar refractivity (Wildman–Crippen MR) is 92.9 cm³/mol. The molecule has 3 aromatic rings. The van der Waals surface area contributed by atoms with E-state index in [1.165, 1.54) is 0 Å². The van der Waals surface area contributed by atoms with Crippen LogP contribution >= 0.6 is 11.6 Å². The molecule has 112 valence electrons. The van der Waals surface area contributed by atoms with Crippen LogP contribution in [0.4, 0.5) is 5.69 Å². The van der Waals surface area contributed by atoms with Crippen LogP contribution in [0.25, 0.3) is 10.9 Å². The number of hydrogen-bond donors (Lipinski definition) is 1. The highest BCUT2D eigenvalue weighted by Crippen LogP contribution is 2.23. The highest BCUT2D eigenvalue weighted by molar-refractivity contribution is 7.84. The van der Waals surface area contributed by atoms with Crippen molar-refractivity contribution in [1.29, 1.82) is 0 Å². The summed E-state index contributed by atoms with van der Waals surface area (Å²) in [5.74, 6) is 0. The lowest BCUT2D eigenvalue weighted by Crippen LogP contribution is -2.01. The number of pyridine rings is 1. The van der Waals surface area contributed by atoms with E-state index in [-0.39, 0.29) is 0 Å². The molecule has 5 heteroatoms. The molecule has 0 radical (unpaired) electrons. The molecule has 0 bridgehead atoms. The van der Waals surface area contributed by atoms with Gasteiger partial charge in [-0.2, -0.15) is 0 Å². The smallest absolute Gasteiger partial charge is 0.0752 e. The van der Waals surface area contributed by atoms with Crippen LogP contribution in [0, 0.1) is 0 Å². The second kappa shape index (κ2) is 6.46. The Bertz CT molecular complexity index is 834. The maximum atomic E-state index is 11.4. The van der Waals surface area contributed by atoms with E-state index in [2.05, 4.69) is 10.3 Å². The van der Waals surface area contributed by atoms with Gasteiger partial charge in [0.15, 0.2) is 0 Å². The van der Waals surface area contributed by atoms with Crippen LogP contribution < -0.4 is 5.32 Å². The first-order valence-electron chi connectivity index (χ1n) is 6.84. The fraction of sp³-hybridized carbons (Fsp3) is 0.118. The Morgan fingerprint density at radius 3 is 2.68 bits per heavy atom. The van der Waals surface area contributed by atoms with E-state index in [0.717, 1.165) is 27.0 Å². The Kier molecular flexibility index (Phi) is 4.41. The average Bonchev–Trinajstić information content (AvgIpc) is 2.52. The lowest BCUT2D eigenvalue weighted by atomic mass is 10.1. The van der Waals surface area contributed by atoms with Crippen molar-refractivity contribution in [3.8, 4) is 0 Å². The largest absolute Gasteiger partial charge is 0.381 e. The van der Waals surface area contributed by atoms with Gasteiger partial charge < -0.3 is 5.32 Å². The number of hydrogen-bond acceptors (Lipinski definition) is 3. The topological polar surface area (TPSA) is 42.0 Å². The molecule has 0 aliphatic carbocycles. The molecule has 0 fully saturated rings. The zero-order valence-electron chi connectivity index (χ0n) is 12.0. The lowest BCUT2D eigenvalue weighted by molar-refractivity contribution is 0.687. The third-order valence-electron chi connectivity index (χ3n) is 3.42. The molecular formula is C17H15ClN2OS. The van der Waals surface area contributed by atoms with E-state index < -0.39 is 10.8 Å². The van der Waals surface area contributed by atoms with Crippen molar-refractivity contribution < 1.29 is 4.21 Å². The van der Waals surface area contributed by atoms with Gasteiger partial charge in [-0.15, -0.1) is 0 Å². The number of halogens is 1. The number of nitrogens with zero attached hydrogens (tertiary/aromatic N) is 1. The molecule has 1 N–H and O–H groups in total. The average molecular weight is 331 g/mol. The normalized spacial score (nSPS) is 12.3. The first-order chi connectivity index (χ1) is 10.6. The van der Waals surface area contributed by atoms with Crippen LogP contribution in [-0.2, 0) is 17.3 Å². The van der Waals surface area contributed by atoms with Gasteiger partial charge in [0.2, 0.25) is 0 Å². The molecule has 0 spiro atoms. The molecule has 0 amide bonds. The number of nitrogens with one attached hydrogen (secondary N) is 1. The summed E-state index contributed by atoms with van der Waals surface area (Å²) in [6.07, 6.45) is 3.46. The van der Waals surface area contributed by atoms with Crippen molar-refractivity contribution in [3.63, 3.8) is 0 Å². The number of anilines is 1. The van der Waals surface area contributed by atoms with E-state index in [9.17, 15) is 4.21 Å². The number of rotatable bonds is 4. The summed E-state index contributed by atoms with van der Waals surface area (Å²) in [7, 11) is -0.954. The molecule has 3 rings (SSSR count). The SMILES string of the molecule is CS(=O)c1ccc(NCc2cc(Cl)cc3cccnc23)cc1. The monoisotopic (exact) mass is 330 g/mol. The first kappa shape index (κ1) is 15.0. The summed E-state index contributed by atoms with van der Waals surface area (Å²) in [5, 5.41) is 5.08. The molecule has 0 aliphatic heterocycles. The zero-order chi connectivity index (χ0) is 15.5. The Balaban J connectivity index is 1.83. The number of benzene rings is 2. The van der Waals surface area contributed by atoms with Gasteiger partial charge in [-0.05, 0) is 48.0 Å². The fourth-order valence-corrected chi connectivity index (χ4v) is 3.09. The van der Waals surface area contributed by atoms with E-state index >= 15 is 0 Å². The van der Waals surface area contributed by atoms with Crippen LogP contribution in [0.2, 0.25) is 5.02 Å². The quantitative estimate of drug-likeness (QED) is 0.778. The van der Waals surface area contributed by atoms with Gasteiger partial charge in [-0.3, -0.25) is 9.19 Å². The highest BCUT2D eigenvalue weighted by atomic mass is 35.5. The minimum Gasteiger partial charge on any atom is -0.381 e. The molecule has 22 heavy (non-hydrogen) atoms. The van der Waals surface area contributed by atoms with Crippen molar-refractivity contribution in [2.75, 3.05) is 11.6 Å². The minimum atomic E-state index is -0.954. The fourth-order valence-electron chi connectivity index (χ4n) is 2.32. The molecule has 2 aromatic carbocycles. The summed E-state index contributed by atoms with van der Waals surface area (Å²) >= 11 is 6.17. The molecule has 0 aliphatic rings. The van der Waals surface area contributed by atoms with E-state index in [4.69, 9.17) is 11.6 Å². The predicted octanol–water partition coefficient (Wildman–Crippen LogP) is 4.24. The third-order valence-corrected chi connectivity index (χ3v) is 4.57. The molecule has 0 saturated carbocycles. The second-order valence-corrected chi connectivity index (χ2v) is 6.79. The van der Waals surface area contributed by atoms with Crippen LogP contribution in [0.3, 0.4) is 0 Å². The maximum Gasteiger partial charge on any atom is 0.0752 e. The Morgan fingerprint density at radius 1 is 1.18 bits per heavy atom. The standard InChI is InChI=1S/C17H15ClN2OS/c1-22(21)16-6-4-15(5-7-16)20-11-13-10-14(18)9-12-3-2-8-19-17(12)13/h2-10,20H,11H2,1H3. The molecule has 1 heterocycles. The molecule has 0 saturated heterocycles. The van der Waals surface area contributed by atoms with Gasteiger partial charge >= 0.3 is 0 Å². The van der Waals surface area contributed by atoms with Crippen LogP contribution in [0.15, 0.2) is 59.6 Å². The van der Waals surface area contributed by atoms with Gasteiger partial charge in [0.05, 0.1) is 5.52 Å². The van der Waals surface area contributed by atoms with Gasteiger partial charge in [-0.1, -0.05) is 17.7 Å².